The number of hydrogen-bond acceptors (Lipinski definition) is 3. The zero-order valence-corrected chi connectivity index (χ0v) is 14.0. The number of pyridine rings is 1. The van der Waals surface area contributed by atoms with Crippen LogP contribution in [0.4, 0.5) is 5.69 Å². The van der Waals surface area contributed by atoms with E-state index in [2.05, 4.69) is 10.3 Å². The lowest BCUT2D eigenvalue weighted by atomic mass is 10.1. The first kappa shape index (κ1) is 15.2. The van der Waals surface area contributed by atoms with Crippen molar-refractivity contribution in [1.82, 2.24) is 9.38 Å². The standard InChI is InChI=1S/C20H17N3O2/c1-13-10-17(14(2)25-13)20(24)21-16-7-5-6-15(11-16)18-12-23-9-4-3-8-19(23)22-18/h3-12H,1-2H3,(H,21,24). The van der Waals surface area contributed by atoms with E-state index in [0.29, 0.717) is 11.3 Å². The molecular formula is C20H17N3O2. The van der Waals surface area contributed by atoms with Gasteiger partial charge in [0.05, 0.1) is 11.3 Å². The Morgan fingerprint density at radius 1 is 1.12 bits per heavy atom. The summed E-state index contributed by atoms with van der Waals surface area (Å²) in [6, 6.07) is 15.3. The van der Waals surface area contributed by atoms with Crippen LogP contribution in [0, 0.1) is 13.8 Å². The number of carbonyl (C=O) groups is 1. The number of nitrogens with one attached hydrogen (secondary N) is 1. The lowest BCUT2D eigenvalue weighted by molar-refractivity contribution is 0.102. The third-order valence-corrected chi connectivity index (χ3v) is 4.07. The first-order chi connectivity index (χ1) is 12.1. The number of hydrogen-bond donors (Lipinski definition) is 1. The molecule has 0 saturated carbocycles. The number of rotatable bonds is 3. The molecule has 3 aromatic heterocycles. The van der Waals surface area contributed by atoms with E-state index in [9.17, 15) is 4.79 Å². The van der Waals surface area contributed by atoms with Crippen LogP contribution in [0.1, 0.15) is 21.9 Å². The Hall–Kier alpha value is -3.34. The summed E-state index contributed by atoms with van der Waals surface area (Å²) in [5.74, 6) is 1.16. The second-order valence-electron chi connectivity index (χ2n) is 5.95. The van der Waals surface area contributed by atoms with Crippen LogP contribution in [0.5, 0.6) is 0 Å². The molecule has 3 heterocycles. The molecule has 0 unspecified atom stereocenters. The Kier molecular flexibility index (Phi) is 3.61. The van der Waals surface area contributed by atoms with Crippen LogP contribution in [0.15, 0.2) is 65.3 Å². The molecule has 4 aromatic rings. The van der Waals surface area contributed by atoms with E-state index in [-0.39, 0.29) is 5.91 Å². The minimum Gasteiger partial charge on any atom is -0.466 e. The molecule has 4 rings (SSSR count). The van der Waals surface area contributed by atoms with Crippen molar-refractivity contribution < 1.29 is 9.21 Å². The predicted octanol–water partition coefficient (Wildman–Crippen LogP) is 4.46. The van der Waals surface area contributed by atoms with Gasteiger partial charge in [-0.1, -0.05) is 18.2 Å². The normalized spacial score (nSPS) is 11.0. The molecule has 1 amide bonds. The number of furan rings is 1. The van der Waals surface area contributed by atoms with Gasteiger partial charge in [-0.15, -0.1) is 0 Å². The Morgan fingerprint density at radius 3 is 2.76 bits per heavy atom. The maximum Gasteiger partial charge on any atom is 0.259 e. The summed E-state index contributed by atoms with van der Waals surface area (Å²) in [4.78, 5) is 17.1. The van der Waals surface area contributed by atoms with E-state index in [1.807, 2.05) is 66.2 Å². The quantitative estimate of drug-likeness (QED) is 0.603. The topological polar surface area (TPSA) is 59.5 Å². The molecule has 0 spiro atoms. The van der Waals surface area contributed by atoms with E-state index in [1.54, 1.807) is 13.0 Å². The average Bonchev–Trinajstić information content (AvgIpc) is 3.18. The molecule has 0 fully saturated rings. The summed E-state index contributed by atoms with van der Waals surface area (Å²) >= 11 is 0. The maximum absolute atomic E-state index is 12.4. The average molecular weight is 331 g/mol. The Labute approximate surface area is 144 Å². The molecule has 0 bridgehead atoms. The first-order valence-electron chi connectivity index (χ1n) is 8.03. The van der Waals surface area contributed by atoms with Gasteiger partial charge in [-0.05, 0) is 44.2 Å². The van der Waals surface area contributed by atoms with Gasteiger partial charge in [0, 0.05) is 23.6 Å². The molecule has 5 heteroatoms. The van der Waals surface area contributed by atoms with Gasteiger partial charge >= 0.3 is 0 Å². The maximum atomic E-state index is 12.4. The molecule has 0 aliphatic heterocycles. The Bertz CT molecular complexity index is 1040. The molecular weight excluding hydrogens is 314 g/mol. The Balaban J connectivity index is 1.63. The van der Waals surface area contributed by atoms with Gasteiger partial charge in [-0.3, -0.25) is 4.79 Å². The number of amides is 1. The van der Waals surface area contributed by atoms with Gasteiger partial charge in [-0.25, -0.2) is 4.98 Å². The van der Waals surface area contributed by atoms with Crippen molar-refractivity contribution in [2.45, 2.75) is 13.8 Å². The number of anilines is 1. The van der Waals surface area contributed by atoms with Crippen molar-refractivity contribution in [1.29, 1.82) is 0 Å². The number of carbonyl (C=O) groups excluding carboxylic acids is 1. The van der Waals surface area contributed by atoms with Crippen molar-refractivity contribution in [3.63, 3.8) is 0 Å². The van der Waals surface area contributed by atoms with Gasteiger partial charge in [0.25, 0.3) is 5.91 Å². The summed E-state index contributed by atoms with van der Waals surface area (Å²) in [5, 5.41) is 2.92. The number of imidazole rings is 1. The number of nitrogens with zero attached hydrogens (tertiary/aromatic N) is 2. The molecule has 0 radical (unpaired) electrons. The first-order valence-corrected chi connectivity index (χ1v) is 8.03. The molecule has 0 atom stereocenters. The van der Waals surface area contributed by atoms with Gasteiger partial charge < -0.3 is 14.1 Å². The van der Waals surface area contributed by atoms with E-state index >= 15 is 0 Å². The third-order valence-electron chi connectivity index (χ3n) is 4.07. The van der Waals surface area contributed by atoms with E-state index in [0.717, 1.165) is 28.4 Å². The van der Waals surface area contributed by atoms with Crippen molar-refractivity contribution in [3.8, 4) is 11.3 Å². The van der Waals surface area contributed by atoms with Crippen molar-refractivity contribution in [3.05, 3.63) is 78.0 Å². The van der Waals surface area contributed by atoms with Crippen LogP contribution in [0.2, 0.25) is 0 Å². The molecule has 1 N–H and O–H groups in total. The second-order valence-corrected chi connectivity index (χ2v) is 5.95. The van der Waals surface area contributed by atoms with E-state index in [4.69, 9.17) is 4.42 Å². The molecule has 0 saturated heterocycles. The lowest BCUT2D eigenvalue weighted by Gasteiger charge is -2.06. The van der Waals surface area contributed by atoms with E-state index < -0.39 is 0 Å². The fourth-order valence-electron chi connectivity index (χ4n) is 2.88. The van der Waals surface area contributed by atoms with Crippen LogP contribution in [-0.2, 0) is 0 Å². The smallest absolute Gasteiger partial charge is 0.259 e. The SMILES string of the molecule is Cc1cc(C(=O)Nc2cccc(-c3cn4ccccc4n3)c2)c(C)o1. The zero-order valence-electron chi connectivity index (χ0n) is 14.0. The lowest BCUT2D eigenvalue weighted by Crippen LogP contribution is -2.12. The minimum absolute atomic E-state index is 0.179. The number of aromatic nitrogens is 2. The summed E-state index contributed by atoms with van der Waals surface area (Å²) < 4.78 is 7.40. The van der Waals surface area contributed by atoms with Crippen LogP contribution < -0.4 is 5.32 Å². The highest BCUT2D eigenvalue weighted by molar-refractivity contribution is 6.05. The minimum atomic E-state index is -0.179. The molecule has 1 aromatic carbocycles. The molecule has 0 aliphatic rings. The summed E-state index contributed by atoms with van der Waals surface area (Å²) in [5.41, 5.74) is 3.96. The zero-order chi connectivity index (χ0) is 17.4. The van der Waals surface area contributed by atoms with Crippen LogP contribution in [0.3, 0.4) is 0 Å². The van der Waals surface area contributed by atoms with Gasteiger partial charge in [0.2, 0.25) is 0 Å². The summed E-state index contributed by atoms with van der Waals surface area (Å²) in [7, 11) is 0. The molecule has 25 heavy (non-hydrogen) atoms. The second kappa shape index (κ2) is 5.94. The van der Waals surface area contributed by atoms with Crippen molar-refractivity contribution >= 4 is 17.2 Å². The Morgan fingerprint density at radius 2 is 2.00 bits per heavy atom. The third kappa shape index (κ3) is 2.92. The fourth-order valence-corrected chi connectivity index (χ4v) is 2.88. The molecule has 0 aliphatic carbocycles. The fraction of sp³-hybridized carbons (Fsp3) is 0.100. The number of aryl methyl sites for hydroxylation is 2. The van der Waals surface area contributed by atoms with Gasteiger partial charge in [0.15, 0.2) is 0 Å². The number of benzene rings is 1. The number of fused-ring (bicyclic) bond motifs is 1. The van der Waals surface area contributed by atoms with Crippen LogP contribution in [-0.4, -0.2) is 15.3 Å². The van der Waals surface area contributed by atoms with Gasteiger partial charge in [-0.2, -0.15) is 0 Å². The highest BCUT2D eigenvalue weighted by Crippen LogP contribution is 2.23. The van der Waals surface area contributed by atoms with Crippen LogP contribution in [0.25, 0.3) is 16.9 Å². The highest BCUT2D eigenvalue weighted by atomic mass is 16.3. The largest absolute Gasteiger partial charge is 0.466 e. The van der Waals surface area contributed by atoms with Crippen LogP contribution >= 0.6 is 0 Å². The molecule has 5 nitrogen and oxygen atoms in total. The van der Waals surface area contributed by atoms with Gasteiger partial charge in [0.1, 0.15) is 17.2 Å². The summed E-state index contributed by atoms with van der Waals surface area (Å²) in [6.07, 6.45) is 3.93. The highest BCUT2D eigenvalue weighted by Gasteiger charge is 2.14. The predicted molar refractivity (Wildman–Crippen MR) is 96.8 cm³/mol. The van der Waals surface area contributed by atoms with Crippen molar-refractivity contribution in [2.75, 3.05) is 5.32 Å². The van der Waals surface area contributed by atoms with Crippen molar-refractivity contribution in [2.24, 2.45) is 0 Å². The van der Waals surface area contributed by atoms with E-state index in [1.165, 1.54) is 0 Å². The molecule has 124 valence electrons. The summed E-state index contributed by atoms with van der Waals surface area (Å²) in [6.45, 7) is 3.61. The monoisotopic (exact) mass is 331 g/mol.